The Labute approximate surface area is 106 Å². The van der Waals surface area contributed by atoms with Crippen LogP contribution in [0.2, 0.25) is 0 Å². The van der Waals surface area contributed by atoms with E-state index in [1.54, 1.807) is 24.3 Å². The molecule has 1 heterocycles. The summed E-state index contributed by atoms with van der Waals surface area (Å²) in [6.07, 6.45) is 2.90. The highest BCUT2D eigenvalue weighted by molar-refractivity contribution is 6.58. The Morgan fingerprint density at radius 2 is 1.89 bits per heavy atom. The molecule has 0 aliphatic heterocycles. The second-order valence-electron chi connectivity index (χ2n) is 4.10. The van der Waals surface area contributed by atoms with Crippen LogP contribution in [0.25, 0.3) is 11.5 Å². The Morgan fingerprint density at radius 3 is 2.50 bits per heavy atom. The molecular formula is C12H15BN2O3. The SMILES string of the molecule is CCCCc1nnc(-c2ccc(B(O)O)cc2)o1. The van der Waals surface area contributed by atoms with Gasteiger partial charge in [0.15, 0.2) is 0 Å². The minimum atomic E-state index is -1.46. The van der Waals surface area contributed by atoms with E-state index in [0.717, 1.165) is 24.8 Å². The van der Waals surface area contributed by atoms with Crippen molar-refractivity contribution >= 4 is 12.6 Å². The van der Waals surface area contributed by atoms with E-state index in [-0.39, 0.29) is 0 Å². The van der Waals surface area contributed by atoms with Crippen LogP contribution < -0.4 is 5.46 Å². The molecule has 5 nitrogen and oxygen atoms in total. The molecule has 0 amide bonds. The average Bonchev–Trinajstić information content (AvgIpc) is 2.85. The largest absolute Gasteiger partial charge is 0.488 e. The van der Waals surface area contributed by atoms with Gasteiger partial charge >= 0.3 is 7.12 Å². The molecule has 0 saturated heterocycles. The summed E-state index contributed by atoms with van der Waals surface area (Å²) in [5.41, 5.74) is 1.21. The zero-order valence-corrected chi connectivity index (χ0v) is 10.2. The van der Waals surface area contributed by atoms with E-state index in [0.29, 0.717) is 17.2 Å². The Bertz CT molecular complexity index is 496. The summed E-state index contributed by atoms with van der Waals surface area (Å²) < 4.78 is 5.52. The van der Waals surface area contributed by atoms with Gasteiger partial charge in [0.1, 0.15) is 0 Å². The molecule has 18 heavy (non-hydrogen) atoms. The first-order valence-corrected chi connectivity index (χ1v) is 5.99. The quantitative estimate of drug-likeness (QED) is 0.761. The van der Waals surface area contributed by atoms with Crippen molar-refractivity contribution in [2.24, 2.45) is 0 Å². The highest BCUT2D eigenvalue weighted by atomic mass is 16.4. The lowest BCUT2D eigenvalue weighted by atomic mass is 9.80. The third-order valence-corrected chi connectivity index (χ3v) is 2.67. The highest BCUT2D eigenvalue weighted by Gasteiger charge is 2.12. The molecular weight excluding hydrogens is 231 g/mol. The molecule has 0 atom stereocenters. The molecule has 0 aliphatic rings. The van der Waals surface area contributed by atoms with Gasteiger partial charge in [0.25, 0.3) is 0 Å². The maximum Gasteiger partial charge on any atom is 0.488 e. The number of benzene rings is 1. The van der Waals surface area contributed by atoms with Crippen LogP contribution in [-0.4, -0.2) is 27.4 Å². The smallest absolute Gasteiger partial charge is 0.423 e. The van der Waals surface area contributed by atoms with E-state index < -0.39 is 7.12 Å². The number of aryl methyl sites for hydroxylation is 1. The van der Waals surface area contributed by atoms with Gasteiger partial charge in [0.05, 0.1) is 0 Å². The number of hydrogen-bond acceptors (Lipinski definition) is 5. The number of nitrogens with zero attached hydrogens (tertiary/aromatic N) is 2. The maximum absolute atomic E-state index is 8.99. The third kappa shape index (κ3) is 2.97. The minimum absolute atomic E-state index is 0.435. The van der Waals surface area contributed by atoms with Crippen molar-refractivity contribution in [1.82, 2.24) is 10.2 Å². The summed E-state index contributed by atoms with van der Waals surface area (Å²) in [6, 6.07) is 6.70. The van der Waals surface area contributed by atoms with Crippen LogP contribution in [0.15, 0.2) is 28.7 Å². The average molecular weight is 246 g/mol. The number of aromatic nitrogens is 2. The molecule has 0 radical (unpaired) electrons. The van der Waals surface area contributed by atoms with Crippen LogP contribution in [-0.2, 0) is 6.42 Å². The Hall–Kier alpha value is -1.66. The van der Waals surface area contributed by atoms with Crippen LogP contribution in [0.5, 0.6) is 0 Å². The van der Waals surface area contributed by atoms with Crippen molar-refractivity contribution < 1.29 is 14.5 Å². The summed E-state index contributed by atoms with van der Waals surface area (Å²) in [6.45, 7) is 2.11. The van der Waals surface area contributed by atoms with E-state index in [1.807, 2.05) is 0 Å². The summed E-state index contributed by atoms with van der Waals surface area (Å²) in [5, 5.41) is 25.9. The van der Waals surface area contributed by atoms with Crippen LogP contribution in [0, 0.1) is 0 Å². The van der Waals surface area contributed by atoms with Crippen molar-refractivity contribution in [3.8, 4) is 11.5 Å². The van der Waals surface area contributed by atoms with Crippen LogP contribution in [0.3, 0.4) is 0 Å². The molecule has 0 bridgehead atoms. The van der Waals surface area contributed by atoms with E-state index >= 15 is 0 Å². The molecule has 2 rings (SSSR count). The molecule has 0 spiro atoms. The van der Waals surface area contributed by atoms with Gasteiger partial charge in [-0.1, -0.05) is 25.5 Å². The Kier molecular flexibility index (Phi) is 4.12. The predicted octanol–water partition coefficient (Wildman–Crippen LogP) is 0.759. The molecule has 1 aromatic heterocycles. The number of hydrogen-bond donors (Lipinski definition) is 2. The summed E-state index contributed by atoms with van der Waals surface area (Å²) in [7, 11) is -1.46. The lowest BCUT2D eigenvalue weighted by Gasteiger charge is -1.99. The van der Waals surface area contributed by atoms with Gasteiger partial charge < -0.3 is 14.5 Å². The topological polar surface area (TPSA) is 79.4 Å². The zero-order valence-electron chi connectivity index (χ0n) is 10.2. The molecule has 6 heteroatoms. The molecule has 0 fully saturated rings. The van der Waals surface area contributed by atoms with E-state index in [4.69, 9.17) is 14.5 Å². The molecule has 94 valence electrons. The zero-order chi connectivity index (χ0) is 13.0. The van der Waals surface area contributed by atoms with Gasteiger partial charge in [0.2, 0.25) is 11.8 Å². The van der Waals surface area contributed by atoms with Crippen molar-refractivity contribution in [1.29, 1.82) is 0 Å². The molecule has 1 aromatic carbocycles. The number of unbranched alkanes of at least 4 members (excludes halogenated alkanes) is 1. The fourth-order valence-electron chi connectivity index (χ4n) is 1.60. The molecule has 2 aromatic rings. The second kappa shape index (κ2) is 5.79. The predicted molar refractivity (Wildman–Crippen MR) is 68.2 cm³/mol. The fraction of sp³-hybridized carbons (Fsp3) is 0.333. The van der Waals surface area contributed by atoms with E-state index in [2.05, 4.69) is 17.1 Å². The van der Waals surface area contributed by atoms with Crippen molar-refractivity contribution in [2.75, 3.05) is 0 Å². The molecule has 0 aliphatic carbocycles. The lowest BCUT2D eigenvalue weighted by Crippen LogP contribution is -2.29. The van der Waals surface area contributed by atoms with Crippen molar-refractivity contribution in [3.05, 3.63) is 30.2 Å². The maximum atomic E-state index is 8.99. The second-order valence-corrected chi connectivity index (χ2v) is 4.10. The normalized spacial score (nSPS) is 10.6. The van der Waals surface area contributed by atoms with Crippen molar-refractivity contribution in [3.63, 3.8) is 0 Å². The first-order valence-electron chi connectivity index (χ1n) is 5.99. The van der Waals surface area contributed by atoms with Gasteiger partial charge in [-0.05, 0) is 24.0 Å². The lowest BCUT2D eigenvalue weighted by molar-refractivity contribution is 0.426. The molecule has 0 saturated carbocycles. The van der Waals surface area contributed by atoms with E-state index in [9.17, 15) is 0 Å². The summed E-state index contributed by atoms with van der Waals surface area (Å²) in [5.74, 6) is 1.10. The fourth-order valence-corrected chi connectivity index (χ4v) is 1.60. The van der Waals surface area contributed by atoms with Crippen LogP contribution in [0.4, 0.5) is 0 Å². The standard InChI is InChI=1S/C12H15BN2O3/c1-2-3-4-11-14-15-12(18-11)9-5-7-10(8-6-9)13(16)17/h5-8,16-17H,2-4H2,1H3. The van der Waals surface area contributed by atoms with Crippen LogP contribution in [0.1, 0.15) is 25.7 Å². The van der Waals surface area contributed by atoms with Gasteiger partial charge in [-0.3, -0.25) is 0 Å². The van der Waals surface area contributed by atoms with Gasteiger partial charge in [-0.2, -0.15) is 0 Å². The van der Waals surface area contributed by atoms with Gasteiger partial charge in [-0.25, -0.2) is 0 Å². The Morgan fingerprint density at radius 1 is 1.17 bits per heavy atom. The van der Waals surface area contributed by atoms with Gasteiger partial charge in [-0.15, -0.1) is 10.2 Å². The first-order chi connectivity index (χ1) is 8.70. The van der Waals surface area contributed by atoms with Gasteiger partial charge in [0, 0.05) is 12.0 Å². The first kappa shape index (κ1) is 12.8. The molecule has 2 N–H and O–H groups in total. The van der Waals surface area contributed by atoms with E-state index in [1.165, 1.54) is 0 Å². The summed E-state index contributed by atoms with van der Waals surface area (Å²) in [4.78, 5) is 0. The van der Waals surface area contributed by atoms with Crippen LogP contribution >= 0.6 is 0 Å². The third-order valence-electron chi connectivity index (χ3n) is 2.67. The van der Waals surface area contributed by atoms with Crippen molar-refractivity contribution in [2.45, 2.75) is 26.2 Å². The molecule has 0 unspecified atom stereocenters. The Balaban J connectivity index is 2.13. The highest BCUT2D eigenvalue weighted by Crippen LogP contribution is 2.17. The number of rotatable bonds is 5. The minimum Gasteiger partial charge on any atom is -0.423 e. The summed E-state index contributed by atoms with van der Waals surface area (Å²) >= 11 is 0. The monoisotopic (exact) mass is 246 g/mol.